The Morgan fingerprint density at radius 3 is 2.33 bits per heavy atom. The highest BCUT2D eigenvalue weighted by Gasteiger charge is 2.10. The van der Waals surface area contributed by atoms with Gasteiger partial charge in [0, 0.05) is 31.3 Å². The summed E-state index contributed by atoms with van der Waals surface area (Å²) in [6.07, 6.45) is 0.978. The third-order valence-corrected chi connectivity index (χ3v) is 3.72. The van der Waals surface area contributed by atoms with Crippen molar-refractivity contribution in [3.8, 4) is 5.75 Å². The molecule has 24 heavy (non-hydrogen) atoms. The molecule has 2 rings (SSSR count). The minimum absolute atomic E-state index is 0.0277. The molecule has 1 N–H and O–H groups in total. The van der Waals surface area contributed by atoms with Gasteiger partial charge in [-0.2, -0.15) is 0 Å². The third kappa shape index (κ3) is 4.84. The second-order valence-electron chi connectivity index (χ2n) is 5.38. The summed E-state index contributed by atoms with van der Waals surface area (Å²) in [5.41, 5.74) is 1.44. The normalized spacial score (nSPS) is 10.1. The van der Waals surface area contributed by atoms with Crippen molar-refractivity contribution in [2.45, 2.75) is 12.8 Å². The number of anilines is 1. The predicted molar refractivity (Wildman–Crippen MR) is 94.4 cm³/mol. The number of hydrogen-bond acceptors (Lipinski definition) is 3. The van der Waals surface area contributed by atoms with Gasteiger partial charge in [0.15, 0.2) is 0 Å². The average molecular weight is 326 g/mol. The molecule has 0 saturated heterocycles. The molecule has 0 unspecified atom stereocenters. The van der Waals surface area contributed by atoms with Gasteiger partial charge in [-0.05, 0) is 42.8 Å². The zero-order valence-corrected chi connectivity index (χ0v) is 14.0. The maximum Gasteiger partial charge on any atom is 0.251 e. The lowest BCUT2D eigenvalue weighted by Crippen LogP contribution is -2.28. The van der Waals surface area contributed by atoms with Crippen molar-refractivity contribution >= 4 is 17.5 Å². The molecule has 2 aromatic carbocycles. The number of amides is 2. The smallest absolute Gasteiger partial charge is 0.251 e. The van der Waals surface area contributed by atoms with Crippen LogP contribution in [0.4, 0.5) is 5.69 Å². The van der Waals surface area contributed by atoms with Crippen LogP contribution in [0.25, 0.3) is 0 Å². The number of carbonyl (C=O) groups is 2. The van der Waals surface area contributed by atoms with Crippen LogP contribution >= 0.6 is 0 Å². The number of methoxy groups -OCH3 is 1. The molecule has 0 fully saturated rings. The van der Waals surface area contributed by atoms with E-state index in [4.69, 9.17) is 4.74 Å². The fraction of sp³-hybridized carbons (Fsp3) is 0.263. The highest BCUT2D eigenvalue weighted by atomic mass is 16.5. The number of nitrogens with one attached hydrogen (secondary N) is 1. The summed E-state index contributed by atoms with van der Waals surface area (Å²) in [7, 11) is 3.34. The second kappa shape index (κ2) is 8.72. The van der Waals surface area contributed by atoms with Gasteiger partial charge in [-0.25, -0.2) is 0 Å². The molecule has 2 amide bonds. The monoisotopic (exact) mass is 326 g/mol. The van der Waals surface area contributed by atoms with Crippen LogP contribution in [0.3, 0.4) is 0 Å². The van der Waals surface area contributed by atoms with Gasteiger partial charge >= 0.3 is 0 Å². The van der Waals surface area contributed by atoms with E-state index in [1.54, 1.807) is 43.3 Å². The molecule has 0 aliphatic heterocycles. The number of hydrogen-bond donors (Lipinski definition) is 1. The molecule has 2 aromatic rings. The topological polar surface area (TPSA) is 58.6 Å². The molecular formula is C19H22N2O3. The van der Waals surface area contributed by atoms with Gasteiger partial charge in [0.25, 0.3) is 5.91 Å². The predicted octanol–water partition coefficient (Wildman–Crippen LogP) is 2.87. The van der Waals surface area contributed by atoms with E-state index in [0.29, 0.717) is 30.7 Å². The molecule has 5 heteroatoms. The van der Waals surface area contributed by atoms with Crippen LogP contribution in [0.2, 0.25) is 0 Å². The number of para-hydroxylation sites is 1. The molecule has 0 aliphatic carbocycles. The summed E-state index contributed by atoms with van der Waals surface area (Å²) in [5, 5.41) is 2.82. The summed E-state index contributed by atoms with van der Waals surface area (Å²) < 4.78 is 5.06. The van der Waals surface area contributed by atoms with Gasteiger partial charge in [0.2, 0.25) is 5.91 Å². The maximum atomic E-state index is 12.1. The van der Waals surface area contributed by atoms with E-state index in [-0.39, 0.29) is 11.8 Å². The van der Waals surface area contributed by atoms with Crippen LogP contribution < -0.4 is 15.0 Å². The van der Waals surface area contributed by atoms with Crippen molar-refractivity contribution in [3.63, 3.8) is 0 Å². The quantitative estimate of drug-likeness (QED) is 0.796. The molecule has 0 aromatic heterocycles. The van der Waals surface area contributed by atoms with E-state index < -0.39 is 0 Å². The Labute approximate surface area is 142 Å². The molecule has 0 atom stereocenters. The Morgan fingerprint density at radius 2 is 1.71 bits per heavy atom. The Balaban J connectivity index is 1.73. The largest absolute Gasteiger partial charge is 0.497 e. The van der Waals surface area contributed by atoms with Crippen molar-refractivity contribution in [3.05, 3.63) is 60.2 Å². The van der Waals surface area contributed by atoms with Gasteiger partial charge in [0.1, 0.15) is 5.75 Å². The van der Waals surface area contributed by atoms with Crippen molar-refractivity contribution in [1.82, 2.24) is 5.32 Å². The van der Waals surface area contributed by atoms with E-state index in [1.165, 1.54) is 0 Å². The summed E-state index contributed by atoms with van der Waals surface area (Å²) in [6, 6.07) is 16.4. The number of benzene rings is 2. The molecular weight excluding hydrogens is 304 g/mol. The molecule has 0 heterocycles. The zero-order valence-electron chi connectivity index (χ0n) is 14.0. The van der Waals surface area contributed by atoms with Crippen LogP contribution in [-0.2, 0) is 4.79 Å². The lowest BCUT2D eigenvalue weighted by Gasteiger charge is -2.17. The second-order valence-corrected chi connectivity index (χ2v) is 5.38. The Hall–Kier alpha value is -2.82. The number of nitrogens with zero attached hydrogens (tertiary/aromatic N) is 1. The van der Waals surface area contributed by atoms with Crippen LogP contribution in [0.5, 0.6) is 5.75 Å². The van der Waals surface area contributed by atoms with Gasteiger partial charge in [-0.15, -0.1) is 0 Å². The van der Waals surface area contributed by atoms with Gasteiger partial charge in [-0.1, -0.05) is 18.2 Å². The lowest BCUT2D eigenvalue weighted by atomic mass is 10.2. The van der Waals surface area contributed by atoms with E-state index in [9.17, 15) is 9.59 Å². The average Bonchev–Trinajstić information content (AvgIpc) is 2.65. The first-order chi connectivity index (χ1) is 11.6. The van der Waals surface area contributed by atoms with E-state index in [1.807, 2.05) is 30.3 Å². The highest BCUT2D eigenvalue weighted by molar-refractivity contribution is 5.94. The first-order valence-corrected chi connectivity index (χ1v) is 7.85. The van der Waals surface area contributed by atoms with Crippen molar-refractivity contribution < 1.29 is 14.3 Å². The van der Waals surface area contributed by atoms with Crippen LogP contribution in [0, 0.1) is 0 Å². The third-order valence-electron chi connectivity index (χ3n) is 3.72. The molecule has 0 aliphatic rings. The standard InChI is InChI=1S/C19H22N2O3/c1-21(16-7-4-3-5-8-16)18(22)9-6-14-20-19(23)15-10-12-17(24-2)13-11-15/h3-5,7-8,10-13H,6,9,14H2,1-2H3,(H,20,23). The molecule has 5 nitrogen and oxygen atoms in total. The van der Waals surface area contributed by atoms with Crippen molar-refractivity contribution in [2.24, 2.45) is 0 Å². The zero-order chi connectivity index (χ0) is 17.4. The van der Waals surface area contributed by atoms with E-state index in [2.05, 4.69) is 5.32 Å². The van der Waals surface area contributed by atoms with Gasteiger partial charge < -0.3 is 15.0 Å². The summed E-state index contributed by atoms with van der Waals surface area (Å²) in [5.74, 6) is 0.586. The van der Waals surface area contributed by atoms with Crippen LogP contribution in [0.15, 0.2) is 54.6 Å². The van der Waals surface area contributed by atoms with E-state index >= 15 is 0 Å². The van der Waals surface area contributed by atoms with Gasteiger partial charge in [-0.3, -0.25) is 9.59 Å². The Bertz CT molecular complexity index is 669. The molecule has 0 bridgehead atoms. The summed E-state index contributed by atoms with van der Waals surface area (Å²) in [4.78, 5) is 25.8. The first-order valence-electron chi connectivity index (χ1n) is 7.85. The van der Waals surface area contributed by atoms with Crippen molar-refractivity contribution in [1.29, 1.82) is 0 Å². The van der Waals surface area contributed by atoms with E-state index in [0.717, 1.165) is 5.69 Å². The molecule has 0 radical (unpaired) electrons. The Morgan fingerprint density at radius 1 is 1.04 bits per heavy atom. The molecule has 126 valence electrons. The summed E-state index contributed by atoms with van der Waals surface area (Å²) >= 11 is 0. The van der Waals surface area contributed by atoms with Crippen LogP contribution in [-0.4, -0.2) is 32.5 Å². The number of carbonyl (C=O) groups excluding carboxylic acids is 2. The fourth-order valence-electron chi connectivity index (χ4n) is 2.25. The van der Waals surface area contributed by atoms with Crippen LogP contribution in [0.1, 0.15) is 23.2 Å². The SMILES string of the molecule is COc1ccc(C(=O)NCCCC(=O)N(C)c2ccccc2)cc1. The number of rotatable bonds is 7. The minimum Gasteiger partial charge on any atom is -0.497 e. The Kier molecular flexibility index (Phi) is 6.37. The summed E-state index contributed by atoms with van der Waals surface area (Å²) in [6.45, 7) is 0.458. The van der Waals surface area contributed by atoms with Crippen molar-refractivity contribution in [2.75, 3.05) is 25.6 Å². The number of ether oxygens (including phenoxy) is 1. The molecule has 0 saturated carbocycles. The first kappa shape index (κ1) is 17.5. The molecule has 0 spiro atoms. The van der Waals surface area contributed by atoms with Gasteiger partial charge in [0.05, 0.1) is 7.11 Å². The lowest BCUT2D eigenvalue weighted by molar-refractivity contribution is -0.118. The highest BCUT2D eigenvalue weighted by Crippen LogP contribution is 2.13. The maximum absolute atomic E-state index is 12.1. The minimum atomic E-state index is -0.151. The fourth-order valence-corrected chi connectivity index (χ4v) is 2.25.